The number of carbonyl (C=O) groups excluding carboxylic acids is 2. The molecule has 27 heavy (non-hydrogen) atoms. The van der Waals surface area contributed by atoms with Crippen LogP contribution in [0.1, 0.15) is 18.4 Å². The Hall–Kier alpha value is -2.54. The Morgan fingerprint density at radius 2 is 1.93 bits per heavy atom. The molecule has 4 rings (SSSR count). The predicted molar refractivity (Wildman–Crippen MR) is 103 cm³/mol. The molecule has 2 saturated heterocycles. The van der Waals surface area contributed by atoms with E-state index in [4.69, 9.17) is 4.74 Å². The lowest BCUT2D eigenvalue weighted by molar-refractivity contribution is -0.142. The van der Waals surface area contributed by atoms with E-state index in [1.54, 1.807) is 4.90 Å². The number of rotatable bonds is 4. The van der Waals surface area contributed by atoms with E-state index in [1.807, 2.05) is 23.2 Å². The summed E-state index contributed by atoms with van der Waals surface area (Å²) < 4.78 is 5.47. The van der Waals surface area contributed by atoms with Gasteiger partial charge in [-0.05, 0) is 30.9 Å². The molecule has 0 spiro atoms. The summed E-state index contributed by atoms with van der Waals surface area (Å²) in [7, 11) is 0. The van der Waals surface area contributed by atoms with E-state index in [1.165, 1.54) is 10.9 Å². The van der Waals surface area contributed by atoms with E-state index >= 15 is 0 Å². The van der Waals surface area contributed by atoms with Gasteiger partial charge in [0.1, 0.15) is 6.10 Å². The van der Waals surface area contributed by atoms with Gasteiger partial charge in [0.25, 0.3) is 5.91 Å². The number of aromatic amines is 1. The first-order valence-electron chi connectivity index (χ1n) is 9.70. The number of aromatic nitrogens is 1. The number of carbonyl (C=O) groups is 2. The number of fused-ring (bicyclic) bond motifs is 1. The van der Waals surface area contributed by atoms with Crippen LogP contribution < -0.4 is 5.32 Å². The number of nitrogens with zero attached hydrogens (tertiary/aromatic N) is 2. The molecule has 2 aliphatic heterocycles. The molecule has 0 saturated carbocycles. The maximum atomic E-state index is 12.4. The molecule has 0 bridgehead atoms. The normalized spacial score (nSPS) is 20.2. The number of amides is 3. The number of H-pyrrole nitrogens is 1. The minimum atomic E-state index is -0.276. The zero-order valence-corrected chi connectivity index (χ0v) is 15.4. The molecule has 2 aromatic rings. The summed E-state index contributed by atoms with van der Waals surface area (Å²) in [5.41, 5.74) is 2.32. The fourth-order valence-electron chi connectivity index (χ4n) is 3.86. The molecule has 0 radical (unpaired) electrons. The van der Waals surface area contributed by atoms with Gasteiger partial charge in [-0.15, -0.1) is 0 Å². The number of nitrogens with one attached hydrogen (secondary N) is 2. The summed E-state index contributed by atoms with van der Waals surface area (Å²) in [6, 6.07) is 8.12. The SMILES string of the molecule is O=C(NCCc1c[nH]c2ccccc12)N1CCN(C(=O)C2CCCO2)CC1. The van der Waals surface area contributed by atoms with Crippen molar-refractivity contribution in [1.82, 2.24) is 20.1 Å². The summed E-state index contributed by atoms with van der Waals surface area (Å²) >= 11 is 0. The fraction of sp³-hybridized carbons (Fsp3) is 0.500. The number of hydrogen-bond acceptors (Lipinski definition) is 3. The molecular weight excluding hydrogens is 344 g/mol. The lowest BCUT2D eigenvalue weighted by Gasteiger charge is -2.35. The zero-order chi connectivity index (χ0) is 18.6. The van der Waals surface area contributed by atoms with Crippen LogP contribution in [0.5, 0.6) is 0 Å². The maximum absolute atomic E-state index is 12.4. The number of urea groups is 1. The summed E-state index contributed by atoms with van der Waals surface area (Å²) in [4.78, 5) is 31.6. The highest BCUT2D eigenvalue weighted by Gasteiger charge is 2.31. The van der Waals surface area contributed by atoms with Crippen LogP contribution in [-0.2, 0) is 16.0 Å². The molecule has 1 aromatic heterocycles. The first-order chi connectivity index (χ1) is 13.2. The first-order valence-corrected chi connectivity index (χ1v) is 9.70. The third-order valence-corrected chi connectivity index (χ3v) is 5.43. The molecule has 1 aromatic carbocycles. The van der Waals surface area contributed by atoms with Gasteiger partial charge in [0.2, 0.25) is 0 Å². The standard InChI is InChI=1S/C20H26N4O3/c25-19(18-6-3-13-27-18)23-9-11-24(12-10-23)20(26)21-8-7-15-14-22-17-5-2-1-4-16(15)17/h1-2,4-5,14,18,22H,3,6-13H2,(H,21,26). The highest BCUT2D eigenvalue weighted by molar-refractivity contribution is 5.83. The van der Waals surface area contributed by atoms with Gasteiger partial charge < -0.3 is 24.8 Å². The van der Waals surface area contributed by atoms with E-state index in [9.17, 15) is 9.59 Å². The highest BCUT2D eigenvalue weighted by Crippen LogP contribution is 2.18. The van der Waals surface area contributed by atoms with Gasteiger partial charge in [-0.25, -0.2) is 4.79 Å². The second-order valence-corrected chi connectivity index (χ2v) is 7.16. The number of benzene rings is 1. The van der Waals surface area contributed by atoms with Gasteiger partial charge in [0.05, 0.1) is 0 Å². The summed E-state index contributed by atoms with van der Waals surface area (Å²) in [5, 5.41) is 4.20. The average Bonchev–Trinajstić information content (AvgIpc) is 3.38. The van der Waals surface area contributed by atoms with Crippen molar-refractivity contribution in [3.05, 3.63) is 36.0 Å². The minimum absolute atomic E-state index is 0.0564. The predicted octanol–water partition coefficient (Wildman–Crippen LogP) is 1.74. The second kappa shape index (κ2) is 8.00. The summed E-state index contributed by atoms with van der Waals surface area (Å²) in [5.74, 6) is 0.0758. The van der Waals surface area contributed by atoms with Crippen LogP contribution in [0.25, 0.3) is 10.9 Å². The fourth-order valence-corrected chi connectivity index (χ4v) is 3.86. The van der Waals surface area contributed by atoms with E-state index in [0.717, 1.165) is 24.8 Å². The average molecular weight is 370 g/mol. The molecule has 2 aliphatic rings. The van der Waals surface area contributed by atoms with Crippen LogP contribution in [0.15, 0.2) is 30.5 Å². The Bertz CT molecular complexity index is 804. The third-order valence-electron chi connectivity index (χ3n) is 5.43. The molecule has 2 fully saturated rings. The van der Waals surface area contributed by atoms with E-state index in [-0.39, 0.29) is 18.0 Å². The van der Waals surface area contributed by atoms with Gasteiger partial charge in [0, 0.05) is 56.4 Å². The lowest BCUT2D eigenvalue weighted by Crippen LogP contribution is -2.55. The second-order valence-electron chi connectivity index (χ2n) is 7.16. The van der Waals surface area contributed by atoms with Gasteiger partial charge >= 0.3 is 6.03 Å². The van der Waals surface area contributed by atoms with Crippen molar-refractivity contribution >= 4 is 22.8 Å². The van der Waals surface area contributed by atoms with E-state index < -0.39 is 0 Å². The van der Waals surface area contributed by atoms with Crippen molar-refractivity contribution in [3.63, 3.8) is 0 Å². The van der Waals surface area contributed by atoms with Crippen LogP contribution in [0, 0.1) is 0 Å². The molecule has 3 heterocycles. The molecule has 1 atom stereocenters. The quantitative estimate of drug-likeness (QED) is 0.861. The minimum Gasteiger partial charge on any atom is -0.368 e. The van der Waals surface area contributed by atoms with Gasteiger partial charge in [-0.3, -0.25) is 4.79 Å². The van der Waals surface area contributed by atoms with Crippen LogP contribution in [-0.4, -0.2) is 72.2 Å². The molecule has 2 N–H and O–H groups in total. The molecule has 3 amide bonds. The van der Waals surface area contributed by atoms with Crippen LogP contribution in [0.3, 0.4) is 0 Å². The molecule has 0 aliphatic carbocycles. The zero-order valence-electron chi connectivity index (χ0n) is 15.4. The topological polar surface area (TPSA) is 77.7 Å². The van der Waals surface area contributed by atoms with Crippen LogP contribution in [0.4, 0.5) is 4.79 Å². The first kappa shape index (κ1) is 17.9. The Labute approximate surface area is 158 Å². The van der Waals surface area contributed by atoms with E-state index in [0.29, 0.717) is 39.3 Å². The Morgan fingerprint density at radius 1 is 1.15 bits per heavy atom. The van der Waals surface area contributed by atoms with Crippen LogP contribution in [0.2, 0.25) is 0 Å². The largest absolute Gasteiger partial charge is 0.368 e. The van der Waals surface area contributed by atoms with E-state index in [2.05, 4.69) is 22.4 Å². The molecule has 7 nitrogen and oxygen atoms in total. The molecular formula is C20H26N4O3. The van der Waals surface area contributed by atoms with Crippen molar-refractivity contribution in [2.24, 2.45) is 0 Å². The Balaban J connectivity index is 1.22. The summed E-state index contributed by atoms with van der Waals surface area (Å²) in [6.45, 7) is 3.56. The highest BCUT2D eigenvalue weighted by atomic mass is 16.5. The maximum Gasteiger partial charge on any atom is 0.317 e. The number of para-hydroxylation sites is 1. The molecule has 144 valence electrons. The smallest absolute Gasteiger partial charge is 0.317 e. The Morgan fingerprint density at radius 3 is 2.70 bits per heavy atom. The van der Waals surface area contributed by atoms with Crippen molar-refractivity contribution < 1.29 is 14.3 Å². The van der Waals surface area contributed by atoms with Crippen molar-refractivity contribution in [2.75, 3.05) is 39.3 Å². The molecule has 1 unspecified atom stereocenters. The van der Waals surface area contributed by atoms with Gasteiger partial charge in [-0.1, -0.05) is 18.2 Å². The van der Waals surface area contributed by atoms with Gasteiger partial charge in [-0.2, -0.15) is 0 Å². The number of ether oxygens (including phenoxy) is 1. The monoisotopic (exact) mass is 370 g/mol. The van der Waals surface area contributed by atoms with Crippen molar-refractivity contribution in [2.45, 2.75) is 25.4 Å². The summed E-state index contributed by atoms with van der Waals surface area (Å²) in [6.07, 6.45) is 4.28. The number of hydrogen-bond donors (Lipinski definition) is 2. The third kappa shape index (κ3) is 3.93. The lowest BCUT2D eigenvalue weighted by atomic mass is 10.1. The van der Waals surface area contributed by atoms with Crippen LogP contribution >= 0.6 is 0 Å². The van der Waals surface area contributed by atoms with Gasteiger partial charge in [0.15, 0.2) is 0 Å². The van der Waals surface area contributed by atoms with Crippen molar-refractivity contribution in [1.29, 1.82) is 0 Å². The number of piperazine rings is 1. The molecule has 7 heteroatoms. The Kier molecular flexibility index (Phi) is 5.29. The van der Waals surface area contributed by atoms with Crippen molar-refractivity contribution in [3.8, 4) is 0 Å².